The Balaban J connectivity index is 1.74. The molecule has 0 aliphatic rings. The summed E-state index contributed by atoms with van der Waals surface area (Å²) < 4.78 is 55.7. The second kappa shape index (κ2) is 10.5. The van der Waals surface area contributed by atoms with Crippen molar-refractivity contribution < 1.29 is 21.6 Å². The number of nitrogens with one attached hydrogen (secondary N) is 2. The largest absolute Gasteiger partial charge is 0.325 e. The molecule has 0 fully saturated rings. The number of nitrogens with zero attached hydrogens (tertiary/aromatic N) is 2. The molecular formula is C24H28N4O5S2. The second-order valence-corrected chi connectivity index (χ2v) is 11.9. The molecule has 3 aromatic carbocycles. The average molecular weight is 517 g/mol. The van der Waals surface area contributed by atoms with Crippen LogP contribution < -0.4 is 14.3 Å². The number of para-hydroxylation sites is 1. The number of benzene rings is 3. The highest BCUT2D eigenvalue weighted by Gasteiger charge is 2.27. The van der Waals surface area contributed by atoms with Crippen molar-refractivity contribution in [1.82, 2.24) is 4.31 Å². The lowest BCUT2D eigenvalue weighted by atomic mass is 10.1. The zero-order valence-electron chi connectivity index (χ0n) is 19.9. The number of aryl methyl sites for hydroxylation is 2. The Bertz CT molecular complexity index is 1410. The molecule has 0 saturated heterocycles. The summed E-state index contributed by atoms with van der Waals surface area (Å²) in [6.07, 6.45) is 0. The molecule has 0 spiro atoms. The Morgan fingerprint density at radius 1 is 0.857 bits per heavy atom. The lowest BCUT2D eigenvalue weighted by molar-refractivity contribution is -0.114. The summed E-state index contributed by atoms with van der Waals surface area (Å²) in [5, 5.41) is 2.62. The van der Waals surface area contributed by atoms with Gasteiger partial charge in [-0.3, -0.25) is 9.52 Å². The molecule has 0 aliphatic carbocycles. The van der Waals surface area contributed by atoms with Crippen molar-refractivity contribution in [3.05, 3.63) is 83.9 Å². The monoisotopic (exact) mass is 516 g/mol. The van der Waals surface area contributed by atoms with Crippen LogP contribution in [-0.2, 0) is 25.0 Å². The van der Waals surface area contributed by atoms with Crippen molar-refractivity contribution in [2.45, 2.75) is 18.7 Å². The number of rotatable bonds is 9. The van der Waals surface area contributed by atoms with Crippen molar-refractivity contribution in [2.75, 3.05) is 35.0 Å². The molecule has 0 radical (unpaired) electrons. The summed E-state index contributed by atoms with van der Waals surface area (Å²) in [7, 11) is -4.99. The highest BCUT2D eigenvalue weighted by Crippen LogP contribution is 2.22. The first-order valence-corrected chi connectivity index (χ1v) is 13.5. The SMILES string of the molecule is Cc1ccc(NS(=O)(=O)c2ccc(NC(=O)CN(c3ccccc3)S(=O)(=O)N(C)C)cc2)c(C)c1. The van der Waals surface area contributed by atoms with Crippen molar-refractivity contribution in [3.63, 3.8) is 0 Å². The van der Waals surface area contributed by atoms with E-state index in [1.54, 1.807) is 36.4 Å². The van der Waals surface area contributed by atoms with Gasteiger partial charge in [-0.2, -0.15) is 12.7 Å². The summed E-state index contributed by atoms with van der Waals surface area (Å²) in [5.74, 6) is -0.580. The van der Waals surface area contributed by atoms with Gasteiger partial charge in [0.15, 0.2) is 0 Å². The fourth-order valence-electron chi connectivity index (χ4n) is 3.28. The van der Waals surface area contributed by atoms with Crippen LogP contribution in [0.1, 0.15) is 11.1 Å². The predicted molar refractivity (Wildman–Crippen MR) is 138 cm³/mol. The predicted octanol–water partition coefficient (Wildman–Crippen LogP) is 3.36. The van der Waals surface area contributed by atoms with Crippen LogP contribution in [0.15, 0.2) is 77.7 Å². The molecule has 1 amide bonds. The zero-order chi connectivity index (χ0) is 25.8. The van der Waals surface area contributed by atoms with Gasteiger partial charge in [0.05, 0.1) is 16.3 Å². The van der Waals surface area contributed by atoms with Gasteiger partial charge in [-0.15, -0.1) is 0 Å². The van der Waals surface area contributed by atoms with Crippen LogP contribution >= 0.6 is 0 Å². The van der Waals surface area contributed by atoms with E-state index in [0.717, 1.165) is 19.7 Å². The van der Waals surface area contributed by atoms with E-state index in [0.29, 0.717) is 17.1 Å². The van der Waals surface area contributed by atoms with Crippen LogP contribution in [-0.4, -0.2) is 47.7 Å². The molecular weight excluding hydrogens is 488 g/mol. The first kappa shape index (κ1) is 26.2. The van der Waals surface area contributed by atoms with E-state index in [2.05, 4.69) is 10.0 Å². The quantitative estimate of drug-likeness (QED) is 0.453. The smallest absolute Gasteiger partial charge is 0.304 e. The van der Waals surface area contributed by atoms with E-state index in [9.17, 15) is 21.6 Å². The van der Waals surface area contributed by atoms with E-state index < -0.39 is 32.7 Å². The summed E-state index contributed by atoms with van der Waals surface area (Å²) in [4.78, 5) is 12.7. The molecule has 0 aromatic heterocycles. The van der Waals surface area contributed by atoms with E-state index in [1.165, 1.54) is 38.4 Å². The van der Waals surface area contributed by atoms with Crippen LogP contribution in [0.4, 0.5) is 17.1 Å². The van der Waals surface area contributed by atoms with Crippen LogP contribution in [0.3, 0.4) is 0 Å². The molecule has 186 valence electrons. The van der Waals surface area contributed by atoms with Crippen LogP contribution in [0, 0.1) is 13.8 Å². The minimum Gasteiger partial charge on any atom is -0.325 e. The first-order chi connectivity index (χ1) is 16.4. The minimum absolute atomic E-state index is 0.0246. The van der Waals surface area contributed by atoms with Gasteiger partial charge in [0.2, 0.25) is 5.91 Å². The fraction of sp³-hybridized carbons (Fsp3) is 0.208. The maximum atomic E-state index is 12.8. The first-order valence-electron chi connectivity index (χ1n) is 10.7. The molecule has 0 unspecified atom stereocenters. The molecule has 9 nitrogen and oxygen atoms in total. The van der Waals surface area contributed by atoms with E-state index in [1.807, 2.05) is 26.0 Å². The van der Waals surface area contributed by atoms with Crippen LogP contribution in [0.25, 0.3) is 0 Å². The van der Waals surface area contributed by atoms with Gasteiger partial charge >= 0.3 is 10.2 Å². The molecule has 0 aliphatic heterocycles. The lowest BCUT2D eigenvalue weighted by Gasteiger charge is -2.26. The maximum absolute atomic E-state index is 12.8. The summed E-state index contributed by atoms with van der Waals surface area (Å²) in [6.45, 7) is 3.28. The van der Waals surface area contributed by atoms with Gasteiger partial charge < -0.3 is 5.32 Å². The number of amides is 1. The van der Waals surface area contributed by atoms with Gasteiger partial charge in [0.25, 0.3) is 10.0 Å². The van der Waals surface area contributed by atoms with Gasteiger partial charge in [-0.05, 0) is 61.9 Å². The van der Waals surface area contributed by atoms with E-state index in [-0.39, 0.29) is 4.90 Å². The van der Waals surface area contributed by atoms with Crippen molar-refractivity contribution in [2.24, 2.45) is 0 Å². The standard InChI is InChI=1S/C24H28N4O5S2/c1-18-10-15-23(19(2)16-18)26-34(30,31)22-13-11-20(12-14-22)25-24(29)17-28(35(32,33)27(3)4)21-8-6-5-7-9-21/h5-16,26H,17H2,1-4H3,(H,25,29). The molecule has 35 heavy (non-hydrogen) atoms. The van der Waals surface area contributed by atoms with Crippen LogP contribution in [0.5, 0.6) is 0 Å². The highest BCUT2D eigenvalue weighted by molar-refractivity contribution is 7.92. The Kier molecular flexibility index (Phi) is 7.83. The molecule has 0 bridgehead atoms. The summed E-state index contributed by atoms with van der Waals surface area (Å²) in [5.41, 5.74) is 2.98. The number of sulfonamides is 1. The van der Waals surface area contributed by atoms with E-state index >= 15 is 0 Å². The number of carbonyl (C=O) groups is 1. The Hall–Kier alpha value is -3.41. The Morgan fingerprint density at radius 3 is 2.06 bits per heavy atom. The molecule has 3 aromatic rings. The molecule has 0 saturated carbocycles. The van der Waals surface area contributed by atoms with Crippen molar-refractivity contribution in [1.29, 1.82) is 0 Å². The zero-order valence-corrected chi connectivity index (χ0v) is 21.5. The maximum Gasteiger partial charge on any atom is 0.304 e. The molecule has 3 rings (SSSR count). The summed E-state index contributed by atoms with van der Waals surface area (Å²) in [6, 6.07) is 19.3. The number of carbonyl (C=O) groups excluding carboxylic acids is 1. The highest BCUT2D eigenvalue weighted by atomic mass is 32.2. The van der Waals surface area contributed by atoms with Crippen molar-refractivity contribution >= 4 is 43.2 Å². The van der Waals surface area contributed by atoms with Crippen LogP contribution in [0.2, 0.25) is 0 Å². The third kappa shape index (κ3) is 6.38. The number of hydrogen-bond donors (Lipinski definition) is 2. The van der Waals surface area contributed by atoms with E-state index in [4.69, 9.17) is 0 Å². The fourth-order valence-corrected chi connectivity index (χ4v) is 5.47. The second-order valence-electron chi connectivity index (χ2n) is 8.13. The summed E-state index contributed by atoms with van der Waals surface area (Å²) >= 11 is 0. The number of hydrogen-bond acceptors (Lipinski definition) is 5. The van der Waals surface area contributed by atoms with Gasteiger partial charge in [-0.25, -0.2) is 12.7 Å². The lowest BCUT2D eigenvalue weighted by Crippen LogP contribution is -2.44. The van der Waals surface area contributed by atoms with Gasteiger partial charge in [0.1, 0.15) is 6.54 Å². The minimum atomic E-state index is -3.92. The van der Waals surface area contributed by atoms with Gasteiger partial charge in [-0.1, -0.05) is 35.9 Å². The molecule has 0 atom stereocenters. The number of anilines is 3. The van der Waals surface area contributed by atoms with Crippen molar-refractivity contribution in [3.8, 4) is 0 Å². The third-order valence-corrected chi connectivity index (χ3v) is 8.35. The molecule has 11 heteroatoms. The normalized spacial score (nSPS) is 11.8. The average Bonchev–Trinajstić information content (AvgIpc) is 2.80. The molecule has 2 N–H and O–H groups in total. The Morgan fingerprint density at radius 2 is 1.49 bits per heavy atom. The topological polar surface area (TPSA) is 116 Å². The Labute approximate surface area is 206 Å². The molecule has 0 heterocycles. The van der Waals surface area contributed by atoms with Gasteiger partial charge in [0, 0.05) is 19.8 Å². The third-order valence-electron chi connectivity index (χ3n) is 5.15.